The van der Waals surface area contributed by atoms with Crippen LogP contribution in [-0.2, 0) is 24.1 Å². The van der Waals surface area contributed by atoms with Crippen molar-refractivity contribution in [2.75, 3.05) is 0 Å². The van der Waals surface area contributed by atoms with E-state index in [4.69, 9.17) is 0 Å². The first-order chi connectivity index (χ1) is 10.8. The molecule has 0 bridgehead atoms. The Bertz CT molecular complexity index is 739. The van der Waals surface area contributed by atoms with Gasteiger partial charge in [0.15, 0.2) is 0 Å². The van der Waals surface area contributed by atoms with Crippen molar-refractivity contribution < 1.29 is 17.1 Å². The summed E-state index contributed by atoms with van der Waals surface area (Å²) in [6.07, 6.45) is 18.3. The largest absolute Gasteiger partial charge is 0.267 e. The minimum Gasteiger partial charge on any atom is -0.267 e. The average Bonchev–Trinajstić information content (AvgIpc) is 3.31. The maximum absolute atomic E-state index is 4.55. The number of hydrogen-bond donors (Lipinski definition) is 0. The zero-order chi connectivity index (χ0) is 15.2. The molecule has 2 aliphatic rings. The molecule has 0 N–H and O–H groups in total. The molecule has 0 atom stereocenters. The molecule has 0 unspecified atom stereocenters. The van der Waals surface area contributed by atoms with Gasteiger partial charge in [0.25, 0.3) is 0 Å². The molecular weight excluding hydrogens is 324 g/mol. The van der Waals surface area contributed by atoms with Crippen LogP contribution >= 0.6 is 0 Å². The van der Waals surface area contributed by atoms with Crippen LogP contribution in [0, 0.1) is 12.8 Å². The van der Waals surface area contributed by atoms with Crippen molar-refractivity contribution in [2.24, 2.45) is 7.05 Å². The van der Waals surface area contributed by atoms with E-state index in [1.165, 1.54) is 5.57 Å². The molecule has 2 aromatic rings. The second kappa shape index (κ2) is 8.52. The van der Waals surface area contributed by atoms with E-state index < -0.39 is 0 Å². The topological polar surface area (TPSA) is 17.8 Å². The third-order valence-corrected chi connectivity index (χ3v) is 3.46. The third kappa shape index (κ3) is 4.44. The second-order valence-corrected chi connectivity index (χ2v) is 5.04. The van der Waals surface area contributed by atoms with E-state index in [0.29, 0.717) is 0 Å². The smallest absolute Gasteiger partial charge is 0.0929 e. The van der Waals surface area contributed by atoms with E-state index in [9.17, 15) is 0 Å². The van der Waals surface area contributed by atoms with Crippen LogP contribution in [0.25, 0.3) is 16.8 Å². The van der Waals surface area contributed by atoms with Gasteiger partial charge >= 0.3 is 0 Å². The first-order valence-corrected chi connectivity index (χ1v) is 7.33. The summed E-state index contributed by atoms with van der Waals surface area (Å²) in [6.45, 7) is 0. The predicted molar refractivity (Wildman–Crippen MR) is 92.6 cm³/mol. The number of rotatable bonds is 2. The van der Waals surface area contributed by atoms with Crippen LogP contribution in [0.15, 0.2) is 78.9 Å². The molecular formula is C20H18FeN2. The summed E-state index contributed by atoms with van der Waals surface area (Å²) in [7, 11) is 1.98. The molecule has 0 saturated carbocycles. The summed E-state index contributed by atoms with van der Waals surface area (Å²) >= 11 is 0. The van der Waals surface area contributed by atoms with E-state index in [0.717, 1.165) is 17.0 Å². The number of aryl methyl sites for hydroxylation is 1. The van der Waals surface area contributed by atoms with Gasteiger partial charge in [-0.25, -0.2) is 0 Å². The summed E-state index contributed by atoms with van der Waals surface area (Å²) in [4.78, 5) is 0. The van der Waals surface area contributed by atoms with Gasteiger partial charge in [0.2, 0.25) is 0 Å². The number of benzene rings is 1. The molecule has 116 valence electrons. The maximum Gasteiger partial charge on any atom is 0.0929 e. The quantitative estimate of drug-likeness (QED) is 0.732. The van der Waals surface area contributed by atoms with Crippen molar-refractivity contribution >= 4 is 5.57 Å². The van der Waals surface area contributed by atoms with Crippen LogP contribution in [-0.4, -0.2) is 9.78 Å². The average molecular weight is 342 g/mol. The van der Waals surface area contributed by atoms with E-state index in [1.54, 1.807) is 0 Å². The van der Waals surface area contributed by atoms with Gasteiger partial charge in [-0.05, 0) is 11.6 Å². The van der Waals surface area contributed by atoms with Gasteiger partial charge in [-0.3, -0.25) is 4.68 Å². The molecule has 0 saturated heterocycles. The molecule has 1 aromatic heterocycles. The molecule has 1 aromatic carbocycles. The Morgan fingerprint density at radius 1 is 0.870 bits per heavy atom. The Labute approximate surface area is 148 Å². The predicted octanol–water partition coefficient (Wildman–Crippen LogP) is 4.56. The van der Waals surface area contributed by atoms with Crippen LogP contribution in [0.4, 0.5) is 0 Å². The summed E-state index contributed by atoms with van der Waals surface area (Å²) < 4.78 is 1.93. The van der Waals surface area contributed by atoms with Crippen molar-refractivity contribution in [2.45, 2.75) is 0 Å². The Morgan fingerprint density at radius 2 is 1.61 bits per heavy atom. The summed E-state index contributed by atoms with van der Waals surface area (Å²) in [5.41, 5.74) is 4.53. The number of aromatic nitrogens is 2. The van der Waals surface area contributed by atoms with E-state index >= 15 is 0 Å². The summed E-state index contributed by atoms with van der Waals surface area (Å²) in [5, 5.41) is 4.55. The number of nitrogens with zero attached hydrogens (tertiary/aromatic N) is 2. The van der Waals surface area contributed by atoms with Crippen LogP contribution in [0.5, 0.6) is 0 Å². The Hall–Kier alpha value is -2.09. The maximum atomic E-state index is 4.55. The number of allylic oxidation sites excluding steroid dienone is 8. The minimum atomic E-state index is 0. The molecule has 2 radical (unpaired) electrons. The molecule has 3 heteroatoms. The molecule has 1 heterocycles. The van der Waals surface area contributed by atoms with Crippen molar-refractivity contribution in [1.29, 1.82) is 0 Å². The molecule has 0 fully saturated rings. The Balaban J connectivity index is 0.000000276. The van der Waals surface area contributed by atoms with Crippen LogP contribution in [0.3, 0.4) is 0 Å². The Morgan fingerprint density at radius 3 is 2.17 bits per heavy atom. The van der Waals surface area contributed by atoms with E-state index in [2.05, 4.69) is 35.4 Å². The molecule has 23 heavy (non-hydrogen) atoms. The molecule has 2 aliphatic carbocycles. The first-order valence-electron chi connectivity index (χ1n) is 7.33. The monoisotopic (exact) mass is 342 g/mol. The number of hydrogen-bond acceptors (Lipinski definition) is 1. The fourth-order valence-electron chi connectivity index (χ4n) is 2.35. The van der Waals surface area contributed by atoms with Crippen LogP contribution < -0.4 is 0 Å². The molecule has 2 nitrogen and oxygen atoms in total. The van der Waals surface area contributed by atoms with Gasteiger partial charge in [-0.1, -0.05) is 72.9 Å². The normalized spacial score (nSPS) is 14.2. The van der Waals surface area contributed by atoms with Crippen molar-refractivity contribution in [1.82, 2.24) is 9.78 Å². The van der Waals surface area contributed by atoms with Crippen LogP contribution in [0.1, 0.15) is 5.69 Å². The van der Waals surface area contributed by atoms with Crippen molar-refractivity contribution in [3.8, 4) is 11.3 Å². The van der Waals surface area contributed by atoms with Gasteiger partial charge in [0.1, 0.15) is 0 Å². The van der Waals surface area contributed by atoms with Gasteiger partial charge in [-0.2, -0.15) is 5.10 Å². The molecule has 0 aliphatic heterocycles. The summed E-state index contributed by atoms with van der Waals surface area (Å²) in [6, 6.07) is 12.4. The van der Waals surface area contributed by atoms with Gasteiger partial charge in [0.05, 0.1) is 11.4 Å². The third-order valence-electron chi connectivity index (χ3n) is 3.46. The fraction of sp³-hybridized carbons (Fsp3) is 0.0500. The van der Waals surface area contributed by atoms with Crippen molar-refractivity contribution in [3.63, 3.8) is 0 Å². The van der Waals surface area contributed by atoms with E-state index in [1.807, 2.05) is 73.2 Å². The Kier molecular flexibility index (Phi) is 6.39. The fourth-order valence-corrected chi connectivity index (χ4v) is 2.35. The van der Waals surface area contributed by atoms with E-state index in [-0.39, 0.29) is 17.1 Å². The molecule has 0 spiro atoms. The standard InChI is InChI=1S/C15H13N2.C5H5.Fe/c1-17-15(13-9-5-6-10-13)11-14(16-17)12-7-3-2-4-8-12;1-2-4-5-3-1;/h2-11H,1H3;1-5H;. The first kappa shape index (κ1) is 17.3. The van der Waals surface area contributed by atoms with Crippen molar-refractivity contribution in [3.05, 3.63) is 97.5 Å². The second-order valence-electron chi connectivity index (χ2n) is 5.04. The minimum absolute atomic E-state index is 0. The van der Waals surface area contributed by atoms with Gasteiger partial charge in [-0.15, -0.1) is 0 Å². The molecule has 4 rings (SSSR count). The molecule has 0 amide bonds. The van der Waals surface area contributed by atoms with Gasteiger partial charge < -0.3 is 0 Å². The zero-order valence-electron chi connectivity index (χ0n) is 12.9. The zero-order valence-corrected chi connectivity index (χ0v) is 14.0. The van der Waals surface area contributed by atoms with Crippen LogP contribution in [0.2, 0.25) is 0 Å². The van der Waals surface area contributed by atoms with Gasteiger partial charge in [0, 0.05) is 42.5 Å². The SMILES string of the molecule is Cn1nc(-c2ccccc2)cc1C1=C[CH]C=C1.[CH]1C=CC=C1.[Fe]. The summed E-state index contributed by atoms with van der Waals surface area (Å²) in [5.74, 6) is 0.